The number of aryl methyl sites for hydroxylation is 1. The number of halogens is 1. The number of hydrogen-bond donors (Lipinski definition) is 1. The van der Waals surface area contributed by atoms with Crippen molar-refractivity contribution in [2.45, 2.75) is 32.9 Å². The summed E-state index contributed by atoms with van der Waals surface area (Å²) >= 11 is 5.92. The highest BCUT2D eigenvalue weighted by Crippen LogP contribution is 2.22. The van der Waals surface area contributed by atoms with Crippen LogP contribution in [0, 0.1) is 6.92 Å². The predicted octanol–water partition coefficient (Wildman–Crippen LogP) is 5.06. The van der Waals surface area contributed by atoms with Crippen molar-refractivity contribution in [3.8, 4) is 0 Å². The van der Waals surface area contributed by atoms with Crippen LogP contribution in [0.2, 0.25) is 5.02 Å². The van der Waals surface area contributed by atoms with E-state index in [0.29, 0.717) is 12.1 Å². The van der Waals surface area contributed by atoms with Crippen molar-refractivity contribution in [2.24, 2.45) is 0 Å². The van der Waals surface area contributed by atoms with Gasteiger partial charge in [-0.25, -0.2) is 0 Å². The zero-order chi connectivity index (χ0) is 13.8. The fraction of sp³-hybridized carbons (Fsp3) is 0.294. The molecule has 0 fully saturated rings. The van der Waals surface area contributed by atoms with Crippen LogP contribution in [0.4, 0.5) is 0 Å². The van der Waals surface area contributed by atoms with Crippen LogP contribution in [0.15, 0.2) is 48.5 Å². The molecule has 0 aliphatic rings. The average molecular weight is 274 g/mol. The lowest BCUT2D eigenvalue weighted by atomic mass is 10.0. The molecule has 0 amide bonds. The molecule has 0 radical (unpaired) electrons. The number of rotatable bonds is 4. The largest absolute Gasteiger partial charge is 0.304 e. The van der Waals surface area contributed by atoms with Gasteiger partial charge in [0.25, 0.3) is 0 Å². The molecule has 2 aromatic rings. The van der Waals surface area contributed by atoms with Crippen LogP contribution in [0.5, 0.6) is 0 Å². The van der Waals surface area contributed by atoms with Gasteiger partial charge < -0.3 is 5.32 Å². The Hall–Kier alpha value is -1.31. The van der Waals surface area contributed by atoms with Gasteiger partial charge in [0, 0.05) is 17.1 Å². The van der Waals surface area contributed by atoms with Crippen LogP contribution >= 0.6 is 11.6 Å². The molecule has 1 unspecified atom stereocenters. The monoisotopic (exact) mass is 273 g/mol. The van der Waals surface area contributed by atoms with Crippen LogP contribution in [0.1, 0.15) is 42.6 Å². The summed E-state index contributed by atoms with van der Waals surface area (Å²) in [5.41, 5.74) is 3.93. The Bertz CT molecular complexity index is 533. The average Bonchev–Trinajstić information content (AvgIpc) is 2.39. The van der Waals surface area contributed by atoms with Crippen LogP contribution in [-0.4, -0.2) is 0 Å². The summed E-state index contributed by atoms with van der Waals surface area (Å²) in [5, 5.41) is 4.41. The first-order chi connectivity index (χ1) is 9.08. The fourth-order valence-corrected chi connectivity index (χ4v) is 2.51. The molecule has 2 rings (SSSR count). The first-order valence-electron chi connectivity index (χ1n) is 6.65. The molecule has 2 aromatic carbocycles. The van der Waals surface area contributed by atoms with Crippen molar-refractivity contribution in [2.75, 3.05) is 0 Å². The number of benzene rings is 2. The SMILES string of the molecule is Cc1ccccc1C(C)N[C@H](C)c1ccc(Cl)cc1. The fourth-order valence-electron chi connectivity index (χ4n) is 2.39. The first-order valence-corrected chi connectivity index (χ1v) is 7.03. The second-order valence-electron chi connectivity index (χ2n) is 5.02. The first kappa shape index (κ1) is 14.1. The quantitative estimate of drug-likeness (QED) is 0.821. The third-order valence-electron chi connectivity index (χ3n) is 3.52. The summed E-state index contributed by atoms with van der Waals surface area (Å²) in [4.78, 5) is 0. The zero-order valence-electron chi connectivity index (χ0n) is 11.7. The van der Waals surface area contributed by atoms with E-state index in [4.69, 9.17) is 11.6 Å². The molecule has 0 saturated heterocycles. The van der Waals surface area contributed by atoms with E-state index in [-0.39, 0.29) is 0 Å². The molecular formula is C17H20ClN. The van der Waals surface area contributed by atoms with E-state index in [0.717, 1.165) is 5.02 Å². The molecule has 1 nitrogen and oxygen atoms in total. The lowest BCUT2D eigenvalue weighted by Crippen LogP contribution is -2.23. The van der Waals surface area contributed by atoms with Crippen LogP contribution in [0.25, 0.3) is 0 Å². The van der Waals surface area contributed by atoms with Crippen molar-refractivity contribution in [3.05, 3.63) is 70.2 Å². The molecule has 0 saturated carbocycles. The van der Waals surface area contributed by atoms with Gasteiger partial charge in [-0.2, -0.15) is 0 Å². The number of nitrogens with one attached hydrogen (secondary N) is 1. The highest BCUT2D eigenvalue weighted by molar-refractivity contribution is 6.30. The van der Waals surface area contributed by atoms with E-state index < -0.39 is 0 Å². The zero-order valence-corrected chi connectivity index (χ0v) is 12.4. The van der Waals surface area contributed by atoms with Crippen molar-refractivity contribution in [3.63, 3.8) is 0 Å². The molecule has 100 valence electrons. The van der Waals surface area contributed by atoms with E-state index >= 15 is 0 Å². The second-order valence-corrected chi connectivity index (χ2v) is 5.45. The molecule has 2 atom stereocenters. The van der Waals surface area contributed by atoms with E-state index in [1.165, 1.54) is 16.7 Å². The third kappa shape index (κ3) is 3.59. The normalized spacial score (nSPS) is 14.1. The van der Waals surface area contributed by atoms with Crippen LogP contribution in [-0.2, 0) is 0 Å². The van der Waals surface area contributed by atoms with Crippen molar-refractivity contribution in [1.29, 1.82) is 0 Å². The van der Waals surface area contributed by atoms with Gasteiger partial charge in [0.05, 0.1) is 0 Å². The molecule has 1 N–H and O–H groups in total. The molecule has 0 aliphatic carbocycles. The Morgan fingerprint density at radius 2 is 1.53 bits per heavy atom. The topological polar surface area (TPSA) is 12.0 Å². The van der Waals surface area contributed by atoms with Crippen molar-refractivity contribution >= 4 is 11.6 Å². The summed E-state index contributed by atoms with van der Waals surface area (Å²) in [7, 11) is 0. The minimum Gasteiger partial charge on any atom is -0.304 e. The van der Waals surface area contributed by atoms with E-state index in [1.807, 2.05) is 12.1 Å². The van der Waals surface area contributed by atoms with Gasteiger partial charge >= 0.3 is 0 Å². The van der Waals surface area contributed by atoms with E-state index in [2.05, 4.69) is 62.5 Å². The Labute approximate surface area is 120 Å². The van der Waals surface area contributed by atoms with Gasteiger partial charge in [0.2, 0.25) is 0 Å². The maximum Gasteiger partial charge on any atom is 0.0406 e. The smallest absolute Gasteiger partial charge is 0.0406 e. The molecule has 2 heteroatoms. The summed E-state index contributed by atoms with van der Waals surface area (Å²) < 4.78 is 0. The van der Waals surface area contributed by atoms with E-state index in [1.54, 1.807) is 0 Å². The summed E-state index contributed by atoms with van der Waals surface area (Å²) in [6.07, 6.45) is 0. The molecular weight excluding hydrogens is 254 g/mol. The minimum atomic E-state index is 0.298. The van der Waals surface area contributed by atoms with Crippen LogP contribution < -0.4 is 5.32 Å². The highest BCUT2D eigenvalue weighted by atomic mass is 35.5. The maximum absolute atomic E-state index is 5.92. The van der Waals surface area contributed by atoms with Gasteiger partial charge in [-0.1, -0.05) is 48.0 Å². The maximum atomic E-state index is 5.92. The summed E-state index contributed by atoms with van der Waals surface area (Å²) in [6, 6.07) is 17.2. The Morgan fingerprint density at radius 3 is 2.16 bits per heavy atom. The summed E-state index contributed by atoms with van der Waals surface area (Å²) in [5.74, 6) is 0. The Kier molecular flexibility index (Phi) is 4.62. The Morgan fingerprint density at radius 1 is 0.895 bits per heavy atom. The van der Waals surface area contributed by atoms with E-state index in [9.17, 15) is 0 Å². The lowest BCUT2D eigenvalue weighted by Gasteiger charge is -2.22. The summed E-state index contributed by atoms with van der Waals surface area (Å²) in [6.45, 7) is 6.53. The predicted molar refractivity (Wildman–Crippen MR) is 82.6 cm³/mol. The molecule has 0 aromatic heterocycles. The van der Waals surface area contributed by atoms with Gasteiger partial charge in [-0.05, 0) is 49.6 Å². The second kappa shape index (κ2) is 6.23. The standard InChI is InChI=1S/C17H20ClN/c1-12-6-4-5-7-17(12)14(3)19-13(2)15-8-10-16(18)11-9-15/h4-11,13-14,19H,1-3H3/t13-,14?/m1/s1. The molecule has 0 bridgehead atoms. The molecule has 0 aliphatic heterocycles. The molecule has 19 heavy (non-hydrogen) atoms. The van der Waals surface area contributed by atoms with Crippen molar-refractivity contribution in [1.82, 2.24) is 5.32 Å². The van der Waals surface area contributed by atoms with Crippen molar-refractivity contribution < 1.29 is 0 Å². The van der Waals surface area contributed by atoms with Gasteiger partial charge in [0.1, 0.15) is 0 Å². The molecule has 0 spiro atoms. The number of hydrogen-bond acceptors (Lipinski definition) is 1. The minimum absolute atomic E-state index is 0.298. The Balaban J connectivity index is 2.08. The highest BCUT2D eigenvalue weighted by Gasteiger charge is 2.12. The third-order valence-corrected chi connectivity index (χ3v) is 3.78. The molecule has 0 heterocycles. The van der Waals surface area contributed by atoms with Gasteiger partial charge in [-0.15, -0.1) is 0 Å². The van der Waals surface area contributed by atoms with Crippen LogP contribution in [0.3, 0.4) is 0 Å². The lowest BCUT2D eigenvalue weighted by molar-refractivity contribution is 0.493. The van der Waals surface area contributed by atoms with Gasteiger partial charge in [0.15, 0.2) is 0 Å². The van der Waals surface area contributed by atoms with Gasteiger partial charge in [-0.3, -0.25) is 0 Å².